The molecule has 2 aliphatic heterocycles. The Kier molecular flexibility index (Phi) is 5.57. The molecular formula is C22H19FN8O2S. The van der Waals surface area contributed by atoms with E-state index in [1.165, 1.54) is 31.3 Å². The number of nitrogens with two attached hydrogens (primary N) is 1. The maximum absolute atomic E-state index is 13.3. The number of thioether (sulfide) groups is 1. The van der Waals surface area contributed by atoms with Crippen LogP contribution >= 0.6 is 11.8 Å². The highest BCUT2D eigenvalue weighted by Gasteiger charge is 2.45. The molecule has 0 saturated heterocycles. The van der Waals surface area contributed by atoms with Gasteiger partial charge in [0.1, 0.15) is 11.2 Å². The van der Waals surface area contributed by atoms with E-state index in [4.69, 9.17) is 15.5 Å². The number of amidine groups is 1. The molecule has 4 heterocycles. The summed E-state index contributed by atoms with van der Waals surface area (Å²) in [6, 6.07) is 7.39. The third-order valence-electron chi connectivity index (χ3n) is 5.45. The minimum atomic E-state index is -0.784. The number of amides is 1. The van der Waals surface area contributed by atoms with Crippen LogP contribution in [0, 0.1) is 5.82 Å². The molecule has 0 aliphatic carbocycles. The number of aromatic nitrogens is 4. The molecule has 0 fully saturated rings. The minimum absolute atomic E-state index is 0.154. The molecule has 1 aromatic carbocycles. The zero-order valence-electron chi connectivity index (χ0n) is 18.0. The molecule has 0 radical (unpaired) electrons. The molecule has 0 spiro atoms. The van der Waals surface area contributed by atoms with Gasteiger partial charge in [0.05, 0.1) is 38.4 Å². The number of hydrogen-bond donors (Lipinski definition) is 2. The number of hydrogen-bond acceptors (Lipinski definition) is 10. The van der Waals surface area contributed by atoms with Crippen LogP contribution in [0.3, 0.4) is 0 Å². The highest BCUT2D eigenvalue weighted by atomic mass is 32.2. The fourth-order valence-electron chi connectivity index (χ4n) is 3.84. The third-order valence-corrected chi connectivity index (χ3v) is 6.29. The van der Waals surface area contributed by atoms with Crippen molar-refractivity contribution in [3.8, 4) is 5.88 Å². The van der Waals surface area contributed by atoms with Gasteiger partial charge in [-0.05, 0) is 23.3 Å². The molecule has 1 unspecified atom stereocenters. The summed E-state index contributed by atoms with van der Waals surface area (Å²) in [6.07, 6.45) is 6.90. The molecular weight excluding hydrogens is 459 g/mol. The first-order valence-corrected chi connectivity index (χ1v) is 11.2. The molecule has 2 aliphatic rings. The molecule has 1 amide bonds. The lowest BCUT2D eigenvalue weighted by molar-refractivity contribution is 0.102. The first kappa shape index (κ1) is 21.8. The summed E-state index contributed by atoms with van der Waals surface area (Å²) < 4.78 is 18.3. The molecule has 0 bridgehead atoms. The van der Waals surface area contributed by atoms with Crippen molar-refractivity contribution in [3.05, 3.63) is 77.9 Å². The van der Waals surface area contributed by atoms with Crippen LogP contribution in [-0.4, -0.2) is 50.4 Å². The number of nitrogens with one attached hydrogen (secondary N) is 1. The molecule has 10 nitrogen and oxygen atoms in total. The van der Waals surface area contributed by atoms with Crippen molar-refractivity contribution in [3.63, 3.8) is 0 Å². The van der Waals surface area contributed by atoms with Gasteiger partial charge in [-0.15, -0.1) is 0 Å². The Morgan fingerprint density at radius 2 is 2.03 bits per heavy atom. The molecule has 12 heteroatoms. The topological polar surface area (TPSA) is 132 Å². The smallest absolute Gasteiger partial charge is 0.275 e. The number of nitrogens with zero attached hydrogens (tertiary/aromatic N) is 6. The van der Waals surface area contributed by atoms with Gasteiger partial charge in [-0.25, -0.2) is 29.3 Å². The summed E-state index contributed by atoms with van der Waals surface area (Å²) in [6.45, 7) is 0.385. The summed E-state index contributed by atoms with van der Waals surface area (Å²) in [7, 11) is 1.47. The third kappa shape index (κ3) is 4.03. The van der Waals surface area contributed by atoms with Gasteiger partial charge in [-0.1, -0.05) is 23.9 Å². The van der Waals surface area contributed by atoms with Crippen LogP contribution in [0.25, 0.3) is 0 Å². The molecule has 172 valence electrons. The van der Waals surface area contributed by atoms with Gasteiger partial charge in [0, 0.05) is 17.6 Å². The Morgan fingerprint density at radius 3 is 2.76 bits per heavy atom. The maximum atomic E-state index is 13.3. The number of anilines is 2. The van der Waals surface area contributed by atoms with E-state index in [-0.39, 0.29) is 5.69 Å². The van der Waals surface area contributed by atoms with E-state index in [9.17, 15) is 9.18 Å². The second-order valence-corrected chi connectivity index (χ2v) is 8.56. The number of ether oxygens (including phenoxy) is 1. The molecule has 2 aromatic heterocycles. The van der Waals surface area contributed by atoms with Gasteiger partial charge in [0.2, 0.25) is 11.8 Å². The van der Waals surface area contributed by atoms with Crippen LogP contribution in [0.5, 0.6) is 5.88 Å². The van der Waals surface area contributed by atoms with Crippen molar-refractivity contribution in [1.82, 2.24) is 19.9 Å². The Morgan fingerprint density at radius 1 is 1.21 bits per heavy atom. The van der Waals surface area contributed by atoms with Gasteiger partial charge in [0.25, 0.3) is 5.91 Å². The van der Waals surface area contributed by atoms with Crippen LogP contribution in [0.15, 0.2) is 65.8 Å². The molecule has 5 rings (SSSR count). The van der Waals surface area contributed by atoms with Crippen LogP contribution in [0.2, 0.25) is 0 Å². The molecule has 3 aromatic rings. The number of benzene rings is 1. The average Bonchev–Trinajstić information content (AvgIpc) is 3.24. The van der Waals surface area contributed by atoms with Crippen LogP contribution < -0.4 is 20.7 Å². The van der Waals surface area contributed by atoms with Crippen molar-refractivity contribution in [1.29, 1.82) is 0 Å². The summed E-state index contributed by atoms with van der Waals surface area (Å²) in [4.78, 5) is 35.6. The maximum Gasteiger partial charge on any atom is 0.275 e. The number of rotatable bonds is 5. The number of fused-ring (bicyclic) bond motifs is 1. The quantitative estimate of drug-likeness (QED) is 0.567. The monoisotopic (exact) mass is 478 g/mol. The van der Waals surface area contributed by atoms with E-state index in [2.05, 4.69) is 25.3 Å². The second-order valence-electron chi connectivity index (χ2n) is 7.56. The van der Waals surface area contributed by atoms with E-state index in [1.54, 1.807) is 6.07 Å². The number of halogens is 1. The van der Waals surface area contributed by atoms with Crippen molar-refractivity contribution in [2.45, 2.75) is 5.54 Å². The predicted octanol–water partition coefficient (Wildman–Crippen LogP) is 2.33. The normalized spacial score (nSPS) is 19.2. The Labute approximate surface area is 198 Å². The summed E-state index contributed by atoms with van der Waals surface area (Å²) in [5, 5.41) is 3.31. The van der Waals surface area contributed by atoms with Crippen LogP contribution in [0.4, 0.5) is 16.0 Å². The number of carbonyl (C=O) groups excluding carboxylic acids is 1. The standard InChI is InChI=1S/C22H19FN8O2S/c1-33-18-9-25-17(8-26-18)19(32)29-16-4-2-3-13(5-16)22-12-31(21-27-6-15(23)7-28-21)10-14(22)11-34-20(24)30-22/h2-10H,11-12H2,1H3,(H2,24,30)(H,29,32). The predicted molar refractivity (Wildman–Crippen MR) is 126 cm³/mol. The molecule has 0 saturated carbocycles. The van der Waals surface area contributed by atoms with E-state index in [0.717, 1.165) is 23.5 Å². The Hall–Kier alpha value is -4.06. The summed E-state index contributed by atoms with van der Waals surface area (Å²) in [5.74, 6) is 0.397. The second kappa shape index (κ2) is 8.71. The van der Waals surface area contributed by atoms with Crippen molar-refractivity contribution in [2.75, 3.05) is 29.6 Å². The SMILES string of the molecule is COc1cnc(C(=O)Nc2cccc(C34CN(c5ncc(F)cn5)C=C3CSC(N)=N4)c2)cn1. The van der Waals surface area contributed by atoms with E-state index >= 15 is 0 Å². The zero-order chi connectivity index (χ0) is 23.7. The number of methoxy groups -OCH3 is 1. The van der Waals surface area contributed by atoms with Gasteiger partial charge in [0.15, 0.2) is 11.0 Å². The molecule has 3 N–H and O–H groups in total. The first-order valence-electron chi connectivity index (χ1n) is 10.2. The largest absolute Gasteiger partial charge is 0.480 e. The van der Waals surface area contributed by atoms with Crippen molar-refractivity contribution >= 4 is 34.5 Å². The number of carbonyl (C=O) groups is 1. The fourth-order valence-corrected chi connectivity index (χ4v) is 4.67. The van der Waals surface area contributed by atoms with Gasteiger partial charge in [-0.2, -0.15) is 0 Å². The van der Waals surface area contributed by atoms with E-state index in [1.807, 2.05) is 29.3 Å². The first-order chi connectivity index (χ1) is 16.5. The number of aliphatic imine (C=N–C) groups is 1. The average molecular weight is 479 g/mol. The Bertz CT molecular complexity index is 1300. The summed E-state index contributed by atoms with van der Waals surface area (Å²) in [5.41, 5.74) is 7.91. The minimum Gasteiger partial charge on any atom is -0.480 e. The highest BCUT2D eigenvalue weighted by Crippen LogP contribution is 2.45. The Balaban J connectivity index is 1.45. The molecule has 34 heavy (non-hydrogen) atoms. The lowest BCUT2D eigenvalue weighted by Gasteiger charge is -2.33. The van der Waals surface area contributed by atoms with Crippen molar-refractivity contribution in [2.24, 2.45) is 10.7 Å². The van der Waals surface area contributed by atoms with Crippen LogP contribution in [0.1, 0.15) is 16.1 Å². The zero-order valence-corrected chi connectivity index (χ0v) is 18.8. The van der Waals surface area contributed by atoms with Crippen molar-refractivity contribution < 1.29 is 13.9 Å². The summed E-state index contributed by atoms with van der Waals surface area (Å²) >= 11 is 1.44. The molecule has 1 atom stereocenters. The fraction of sp³-hybridized carbons (Fsp3) is 0.182. The lowest BCUT2D eigenvalue weighted by atomic mass is 9.85. The van der Waals surface area contributed by atoms with Gasteiger partial charge in [-0.3, -0.25) is 4.79 Å². The highest BCUT2D eigenvalue weighted by molar-refractivity contribution is 8.14. The van der Waals surface area contributed by atoms with E-state index < -0.39 is 17.3 Å². The lowest BCUT2D eigenvalue weighted by Crippen LogP contribution is -2.38. The van der Waals surface area contributed by atoms with E-state index in [0.29, 0.717) is 35.0 Å². The van der Waals surface area contributed by atoms with Gasteiger partial charge < -0.3 is 20.7 Å². The van der Waals surface area contributed by atoms with Crippen LogP contribution in [-0.2, 0) is 5.54 Å². The van der Waals surface area contributed by atoms with Gasteiger partial charge >= 0.3 is 0 Å².